The summed E-state index contributed by atoms with van der Waals surface area (Å²) in [5, 5.41) is 0.452. The minimum atomic E-state index is 0.452. The summed E-state index contributed by atoms with van der Waals surface area (Å²) in [6, 6.07) is 0. The first-order valence-corrected chi connectivity index (χ1v) is 4.42. The van der Waals surface area contributed by atoms with Gasteiger partial charge >= 0.3 is 0 Å². The fraction of sp³-hybridized carbons (Fsp3) is 0.429. The molecule has 10 heavy (non-hydrogen) atoms. The van der Waals surface area contributed by atoms with E-state index >= 15 is 0 Å². The first kappa shape index (κ1) is 7.54. The molecule has 0 aliphatic heterocycles. The monoisotopic (exact) mass is 154 g/mol. The van der Waals surface area contributed by atoms with Gasteiger partial charge in [-0.1, -0.05) is 0 Å². The van der Waals surface area contributed by atoms with E-state index in [2.05, 4.69) is 23.1 Å². The molecule has 0 aliphatic carbocycles. The Balaban J connectivity index is 2.75. The van der Waals surface area contributed by atoms with Crippen LogP contribution in [0, 0.1) is 0 Å². The summed E-state index contributed by atoms with van der Waals surface area (Å²) in [5.41, 5.74) is 1.05. The molecule has 0 amide bonds. The lowest BCUT2D eigenvalue weighted by Gasteiger charge is -2.04. The fourth-order valence-electron chi connectivity index (χ4n) is 0.641. The third kappa shape index (κ3) is 1.70. The topological polar surface area (TPSA) is 25.8 Å². The van der Waals surface area contributed by atoms with Gasteiger partial charge < -0.3 is 0 Å². The Labute approximate surface area is 65.1 Å². The van der Waals surface area contributed by atoms with E-state index in [4.69, 9.17) is 0 Å². The summed E-state index contributed by atoms with van der Waals surface area (Å²) in [6.07, 6.45) is 7.29. The van der Waals surface area contributed by atoms with Crippen molar-refractivity contribution in [1.29, 1.82) is 0 Å². The van der Waals surface area contributed by atoms with Gasteiger partial charge in [0.05, 0.1) is 5.69 Å². The predicted octanol–water partition coefficient (Wildman–Crippen LogP) is 1.90. The zero-order valence-corrected chi connectivity index (χ0v) is 6.93. The van der Waals surface area contributed by atoms with Gasteiger partial charge in [-0.3, -0.25) is 9.97 Å². The number of hydrogen-bond acceptors (Lipinski definition) is 3. The molecule has 0 radical (unpaired) electrons. The van der Waals surface area contributed by atoms with E-state index in [-0.39, 0.29) is 0 Å². The highest BCUT2D eigenvalue weighted by molar-refractivity contribution is 7.98. The standard InChI is InChI=1S/C7H10N2S/c1-6(10-2)7-5-8-3-4-9-7/h3-6H,1-2H3. The van der Waals surface area contributed by atoms with E-state index in [0.717, 1.165) is 5.69 Å². The van der Waals surface area contributed by atoms with E-state index in [1.54, 1.807) is 30.4 Å². The van der Waals surface area contributed by atoms with Gasteiger partial charge in [0.2, 0.25) is 0 Å². The van der Waals surface area contributed by atoms with Gasteiger partial charge in [-0.15, -0.1) is 0 Å². The van der Waals surface area contributed by atoms with Crippen LogP contribution in [-0.4, -0.2) is 16.2 Å². The zero-order valence-electron chi connectivity index (χ0n) is 6.11. The van der Waals surface area contributed by atoms with Crippen LogP contribution in [-0.2, 0) is 0 Å². The second-order valence-electron chi connectivity index (χ2n) is 2.01. The van der Waals surface area contributed by atoms with Crippen LogP contribution in [0.5, 0.6) is 0 Å². The average molecular weight is 154 g/mol. The molecule has 1 aromatic rings. The number of thioether (sulfide) groups is 1. The van der Waals surface area contributed by atoms with Crippen molar-refractivity contribution in [3.05, 3.63) is 24.3 Å². The van der Waals surface area contributed by atoms with Crippen molar-refractivity contribution in [1.82, 2.24) is 9.97 Å². The Bertz CT molecular complexity index is 188. The molecule has 0 saturated carbocycles. The normalized spacial score (nSPS) is 13.0. The molecule has 0 aromatic carbocycles. The lowest BCUT2D eigenvalue weighted by Crippen LogP contribution is -1.91. The average Bonchev–Trinajstić information content (AvgIpc) is 2.05. The molecule has 3 heteroatoms. The van der Waals surface area contributed by atoms with Crippen molar-refractivity contribution in [2.24, 2.45) is 0 Å². The minimum Gasteiger partial charge on any atom is -0.261 e. The molecular weight excluding hydrogens is 144 g/mol. The van der Waals surface area contributed by atoms with E-state index in [1.807, 2.05) is 0 Å². The number of aromatic nitrogens is 2. The first-order valence-electron chi connectivity index (χ1n) is 3.13. The van der Waals surface area contributed by atoms with E-state index in [0.29, 0.717) is 5.25 Å². The lowest BCUT2D eigenvalue weighted by molar-refractivity contribution is 0.979. The van der Waals surface area contributed by atoms with Gasteiger partial charge in [0.15, 0.2) is 0 Å². The summed E-state index contributed by atoms with van der Waals surface area (Å²) in [6.45, 7) is 2.12. The van der Waals surface area contributed by atoms with Crippen molar-refractivity contribution in [3.63, 3.8) is 0 Å². The summed E-state index contributed by atoms with van der Waals surface area (Å²) >= 11 is 1.78. The molecule has 0 fully saturated rings. The molecule has 0 spiro atoms. The molecule has 1 aromatic heterocycles. The Morgan fingerprint density at radius 2 is 2.30 bits per heavy atom. The molecule has 1 unspecified atom stereocenters. The zero-order chi connectivity index (χ0) is 7.40. The molecule has 2 nitrogen and oxygen atoms in total. The van der Waals surface area contributed by atoms with Crippen LogP contribution >= 0.6 is 11.8 Å². The third-order valence-corrected chi connectivity index (χ3v) is 2.30. The van der Waals surface area contributed by atoms with Crippen molar-refractivity contribution < 1.29 is 0 Å². The van der Waals surface area contributed by atoms with Crippen molar-refractivity contribution in [2.45, 2.75) is 12.2 Å². The van der Waals surface area contributed by atoms with Crippen molar-refractivity contribution in [3.8, 4) is 0 Å². The minimum absolute atomic E-state index is 0.452. The van der Waals surface area contributed by atoms with E-state index in [9.17, 15) is 0 Å². The summed E-state index contributed by atoms with van der Waals surface area (Å²) in [4.78, 5) is 8.14. The Morgan fingerprint density at radius 3 is 2.80 bits per heavy atom. The van der Waals surface area contributed by atoms with Gasteiger partial charge in [-0.25, -0.2) is 0 Å². The van der Waals surface area contributed by atoms with Gasteiger partial charge in [0, 0.05) is 23.8 Å². The largest absolute Gasteiger partial charge is 0.261 e. The molecule has 0 saturated heterocycles. The Kier molecular flexibility index (Phi) is 2.68. The maximum Gasteiger partial charge on any atom is 0.0713 e. The number of hydrogen-bond donors (Lipinski definition) is 0. The van der Waals surface area contributed by atoms with E-state index < -0.39 is 0 Å². The number of rotatable bonds is 2. The van der Waals surface area contributed by atoms with Crippen LogP contribution in [0.1, 0.15) is 17.9 Å². The smallest absolute Gasteiger partial charge is 0.0713 e. The molecule has 54 valence electrons. The van der Waals surface area contributed by atoms with Crippen LogP contribution < -0.4 is 0 Å². The molecule has 1 rings (SSSR count). The second-order valence-corrected chi connectivity index (χ2v) is 3.19. The third-order valence-electron chi connectivity index (χ3n) is 1.35. The van der Waals surface area contributed by atoms with Gasteiger partial charge in [-0.05, 0) is 13.2 Å². The van der Waals surface area contributed by atoms with Crippen molar-refractivity contribution >= 4 is 11.8 Å². The van der Waals surface area contributed by atoms with Crippen LogP contribution in [0.25, 0.3) is 0 Å². The van der Waals surface area contributed by atoms with Gasteiger partial charge in [-0.2, -0.15) is 11.8 Å². The maximum absolute atomic E-state index is 4.17. The second kappa shape index (κ2) is 3.56. The highest BCUT2D eigenvalue weighted by atomic mass is 32.2. The Hall–Kier alpha value is -0.570. The van der Waals surface area contributed by atoms with E-state index in [1.165, 1.54) is 0 Å². The molecule has 0 bridgehead atoms. The lowest BCUT2D eigenvalue weighted by atomic mass is 10.3. The predicted molar refractivity (Wildman–Crippen MR) is 44.0 cm³/mol. The molecular formula is C7H10N2S. The SMILES string of the molecule is CSC(C)c1cnccn1. The highest BCUT2D eigenvalue weighted by Crippen LogP contribution is 2.21. The highest BCUT2D eigenvalue weighted by Gasteiger charge is 2.02. The van der Waals surface area contributed by atoms with Crippen LogP contribution in [0.15, 0.2) is 18.6 Å². The van der Waals surface area contributed by atoms with Gasteiger partial charge in [0.1, 0.15) is 0 Å². The van der Waals surface area contributed by atoms with Crippen LogP contribution in [0.3, 0.4) is 0 Å². The van der Waals surface area contributed by atoms with Crippen LogP contribution in [0.2, 0.25) is 0 Å². The number of nitrogens with zero attached hydrogens (tertiary/aromatic N) is 2. The van der Waals surface area contributed by atoms with Crippen LogP contribution in [0.4, 0.5) is 0 Å². The van der Waals surface area contributed by atoms with Gasteiger partial charge in [0.25, 0.3) is 0 Å². The molecule has 0 aliphatic rings. The molecule has 1 heterocycles. The quantitative estimate of drug-likeness (QED) is 0.650. The fourth-order valence-corrected chi connectivity index (χ4v) is 1.00. The Morgan fingerprint density at radius 1 is 1.50 bits per heavy atom. The maximum atomic E-state index is 4.17. The molecule has 1 atom stereocenters. The summed E-state index contributed by atoms with van der Waals surface area (Å²) in [7, 11) is 0. The first-order chi connectivity index (χ1) is 4.84. The summed E-state index contributed by atoms with van der Waals surface area (Å²) in [5.74, 6) is 0. The summed E-state index contributed by atoms with van der Waals surface area (Å²) < 4.78 is 0. The molecule has 0 N–H and O–H groups in total. The van der Waals surface area contributed by atoms with Crippen molar-refractivity contribution in [2.75, 3.05) is 6.26 Å².